The minimum absolute atomic E-state index is 0.0590. The van der Waals surface area contributed by atoms with E-state index in [2.05, 4.69) is 10.3 Å². The topological polar surface area (TPSA) is 65.5 Å². The summed E-state index contributed by atoms with van der Waals surface area (Å²) < 4.78 is 38.4. The van der Waals surface area contributed by atoms with E-state index < -0.39 is 17.8 Å². The summed E-state index contributed by atoms with van der Waals surface area (Å²) in [5, 5.41) is 2.74. The first kappa shape index (κ1) is 24.0. The van der Waals surface area contributed by atoms with Crippen LogP contribution in [0.5, 0.6) is 0 Å². The third-order valence-electron chi connectivity index (χ3n) is 5.30. The molecule has 3 rings (SSSR count). The van der Waals surface area contributed by atoms with Gasteiger partial charge in [0.15, 0.2) is 5.78 Å². The number of amides is 1. The number of rotatable bonds is 7. The first-order valence-electron chi connectivity index (χ1n) is 10.2. The van der Waals surface area contributed by atoms with Gasteiger partial charge in [-0.25, -0.2) is 4.98 Å². The highest BCUT2D eigenvalue weighted by Crippen LogP contribution is 2.33. The highest BCUT2D eigenvalue weighted by atomic mass is 35.5. The zero-order valence-corrected chi connectivity index (χ0v) is 18.3. The number of pyridine rings is 1. The standard InChI is InChI=1S/C22H24ClF3N4O2/c1-15(31)19(11-16-5-3-2-4-6-16)28-20(32)14-29-7-9-30(10-8-29)21-18(23)12-17(13-27-21)22(24,25)26/h2-6,12-13,19H,7-11,14H2,1H3,(H,28,32). The van der Waals surface area contributed by atoms with Crippen molar-refractivity contribution in [3.8, 4) is 0 Å². The van der Waals surface area contributed by atoms with Gasteiger partial charge in [0.25, 0.3) is 0 Å². The van der Waals surface area contributed by atoms with E-state index in [-0.39, 0.29) is 23.3 Å². The third kappa shape index (κ3) is 6.43. The Kier molecular flexibility index (Phi) is 7.73. The number of aromatic nitrogens is 1. The first-order chi connectivity index (χ1) is 15.1. The van der Waals surface area contributed by atoms with Crippen molar-refractivity contribution in [3.05, 3.63) is 58.7 Å². The Balaban J connectivity index is 1.52. The van der Waals surface area contributed by atoms with E-state index in [1.807, 2.05) is 35.2 Å². The van der Waals surface area contributed by atoms with Gasteiger partial charge in [-0.05, 0) is 25.0 Å². The molecule has 0 radical (unpaired) electrons. The Morgan fingerprint density at radius 3 is 2.38 bits per heavy atom. The molecule has 0 aliphatic carbocycles. The predicted molar refractivity (Wildman–Crippen MR) is 116 cm³/mol. The first-order valence-corrected chi connectivity index (χ1v) is 10.5. The smallest absolute Gasteiger partial charge is 0.353 e. The highest BCUT2D eigenvalue weighted by Gasteiger charge is 2.32. The van der Waals surface area contributed by atoms with Gasteiger partial charge in [0.2, 0.25) is 5.91 Å². The highest BCUT2D eigenvalue weighted by molar-refractivity contribution is 6.33. The van der Waals surface area contributed by atoms with Gasteiger partial charge < -0.3 is 10.2 Å². The number of carbonyl (C=O) groups is 2. The molecule has 2 heterocycles. The zero-order valence-electron chi connectivity index (χ0n) is 17.5. The number of nitrogens with zero attached hydrogens (tertiary/aromatic N) is 3. The predicted octanol–water partition coefficient (Wildman–Crippen LogP) is 3.19. The molecule has 1 saturated heterocycles. The number of piperazine rings is 1. The maximum Gasteiger partial charge on any atom is 0.417 e. The lowest BCUT2D eigenvalue weighted by molar-refractivity contribution is -0.137. The van der Waals surface area contributed by atoms with E-state index in [1.165, 1.54) is 6.92 Å². The number of halogens is 4. The van der Waals surface area contributed by atoms with E-state index in [4.69, 9.17) is 11.6 Å². The van der Waals surface area contributed by atoms with Crippen LogP contribution in [0.2, 0.25) is 5.02 Å². The largest absolute Gasteiger partial charge is 0.417 e. The summed E-state index contributed by atoms with van der Waals surface area (Å²) in [7, 11) is 0. The molecule has 1 unspecified atom stereocenters. The molecule has 0 spiro atoms. The number of anilines is 1. The van der Waals surface area contributed by atoms with Gasteiger partial charge in [-0.2, -0.15) is 13.2 Å². The van der Waals surface area contributed by atoms with Gasteiger partial charge in [-0.3, -0.25) is 14.5 Å². The molecule has 1 N–H and O–H groups in total. The van der Waals surface area contributed by atoms with E-state index in [0.29, 0.717) is 38.4 Å². The summed E-state index contributed by atoms with van der Waals surface area (Å²) in [6, 6.07) is 9.73. The minimum Gasteiger partial charge on any atom is -0.353 e. The lowest BCUT2D eigenvalue weighted by Gasteiger charge is -2.35. The molecular weight excluding hydrogens is 445 g/mol. The number of carbonyl (C=O) groups excluding carboxylic acids is 2. The number of hydrogen-bond acceptors (Lipinski definition) is 5. The van der Waals surface area contributed by atoms with Crippen LogP contribution >= 0.6 is 11.6 Å². The second-order valence-corrected chi connectivity index (χ2v) is 8.12. The minimum atomic E-state index is -4.50. The summed E-state index contributed by atoms with van der Waals surface area (Å²) >= 11 is 6.03. The lowest BCUT2D eigenvalue weighted by atomic mass is 10.0. The van der Waals surface area contributed by atoms with Gasteiger partial charge in [0.1, 0.15) is 5.82 Å². The number of ketones is 1. The fraction of sp³-hybridized carbons (Fsp3) is 0.409. The Labute approximate surface area is 189 Å². The molecule has 32 heavy (non-hydrogen) atoms. The van der Waals surface area contributed by atoms with Crippen molar-refractivity contribution < 1.29 is 22.8 Å². The quantitative estimate of drug-likeness (QED) is 0.676. The summed E-state index contributed by atoms with van der Waals surface area (Å²) in [5.74, 6) is -0.0708. The van der Waals surface area contributed by atoms with Crippen molar-refractivity contribution in [2.75, 3.05) is 37.6 Å². The number of nitrogens with one attached hydrogen (secondary N) is 1. The molecule has 2 aromatic rings. The molecule has 1 amide bonds. The van der Waals surface area contributed by atoms with Crippen molar-refractivity contribution in [2.45, 2.75) is 25.6 Å². The van der Waals surface area contributed by atoms with Gasteiger partial charge in [-0.1, -0.05) is 41.9 Å². The van der Waals surface area contributed by atoms with Crippen molar-refractivity contribution in [1.82, 2.24) is 15.2 Å². The van der Waals surface area contributed by atoms with Crippen LogP contribution in [-0.2, 0) is 22.2 Å². The van der Waals surface area contributed by atoms with Crippen LogP contribution < -0.4 is 10.2 Å². The van der Waals surface area contributed by atoms with Gasteiger partial charge >= 0.3 is 6.18 Å². The maximum atomic E-state index is 12.8. The molecule has 1 aliphatic heterocycles. The molecule has 1 atom stereocenters. The number of hydrogen-bond donors (Lipinski definition) is 1. The van der Waals surface area contributed by atoms with Crippen molar-refractivity contribution in [2.24, 2.45) is 0 Å². The average molecular weight is 469 g/mol. The lowest BCUT2D eigenvalue weighted by Crippen LogP contribution is -2.51. The van der Waals surface area contributed by atoms with Crippen molar-refractivity contribution in [1.29, 1.82) is 0 Å². The SMILES string of the molecule is CC(=O)C(Cc1ccccc1)NC(=O)CN1CCN(c2ncc(C(F)(F)F)cc2Cl)CC1. The van der Waals surface area contributed by atoms with E-state index in [9.17, 15) is 22.8 Å². The molecule has 0 saturated carbocycles. The molecular formula is C22H24ClF3N4O2. The van der Waals surface area contributed by atoms with Crippen LogP contribution in [0.3, 0.4) is 0 Å². The molecule has 1 aromatic heterocycles. The molecule has 6 nitrogen and oxygen atoms in total. The number of alkyl halides is 3. The summed E-state index contributed by atoms with van der Waals surface area (Å²) in [6.07, 6.45) is -3.30. The number of benzene rings is 1. The zero-order chi connectivity index (χ0) is 23.3. The average Bonchev–Trinajstić information content (AvgIpc) is 2.74. The van der Waals surface area contributed by atoms with Gasteiger partial charge in [0.05, 0.1) is 23.2 Å². The Morgan fingerprint density at radius 2 is 1.81 bits per heavy atom. The second kappa shape index (κ2) is 10.3. The summed E-state index contributed by atoms with van der Waals surface area (Å²) in [5.41, 5.74) is 0.0691. The van der Waals surface area contributed by atoms with Crippen LogP contribution in [0, 0.1) is 0 Å². The van der Waals surface area contributed by atoms with Gasteiger partial charge in [0, 0.05) is 32.4 Å². The molecule has 1 fully saturated rings. The normalized spacial score (nSPS) is 16.0. The van der Waals surface area contributed by atoms with E-state index in [1.54, 1.807) is 4.90 Å². The van der Waals surface area contributed by atoms with E-state index in [0.717, 1.165) is 17.8 Å². The Hall–Kier alpha value is -2.65. The number of Topliss-reactive ketones (excluding diaryl/α,β-unsaturated/α-hetero) is 1. The Morgan fingerprint density at radius 1 is 1.16 bits per heavy atom. The van der Waals surface area contributed by atoms with Gasteiger partial charge in [-0.15, -0.1) is 0 Å². The molecule has 1 aliphatic rings. The van der Waals surface area contributed by atoms with E-state index >= 15 is 0 Å². The maximum absolute atomic E-state index is 12.8. The van der Waals surface area contributed by atoms with Crippen LogP contribution in [0.25, 0.3) is 0 Å². The van der Waals surface area contributed by atoms with Crippen LogP contribution in [0.15, 0.2) is 42.6 Å². The third-order valence-corrected chi connectivity index (χ3v) is 5.57. The molecule has 10 heteroatoms. The summed E-state index contributed by atoms with van der Waals surface area (Å²) in [4.78, 5) is 32.1. The van der Waals surface area contributed by atoms with Crippen molar-refractivity contribution >= 4 is 29.1 Å². The molecule has 172 valence electrons. The van der Waals surface area contributed by atoms with Crippen LogP contribution in [0.1, 0.15) is 18.1 Å². The fourth-order valence-corrected chi connectivity index (χ4v) is 3.81. The molecule has 1 aromatic carbocycles. The van der Waals surface area contributed by atoms with Crippen molar-refractivity contribution in [3.63, 3.8) is 0 Å². The second-order valence-electron chi connectivity index (χ2n) is 7.71. The van der Waals surface area contributed by atoms with Crippen LogP contribution in [0.4, 0.5) is 19.0 Å². The monoisotopic (exact) mass is 468 g/mol. The summed E-state index contributed by atoms with van der Waals surface area (Å²) in [6.45, 7) is 3.52. The Bertz CT molecular complexity index is 948. The molecule has 0 bridgehead atoms. The van der Waals surface area contributed by atoms with Crippen LogP contribution in [-0.4, -0.2) is 60.3 Å². The fourth-order valence-electron chi connectivity index (χ4n) is 3.53.